The highest BCUT2D eigenvalue weighted by atomic mass is 16.5. The van der Waals surface area contributed by atoms with Crippen LogP contribution < -0.4 is 9.47 Å². The molecule has 2 aromatic carbocycles. The second-order valence-electron chi connectivity index (χ2n) is 4.90. The van der Waals surface area contributed by atoms with Gasteiger partial charge in [-0.05, 0) is 32.9 Å². The van der Waals surface area contributed by atoms with Gasteiger partial charge in [0.05, 0.1) is 6.61 Å². The van der Waals surface area contributed by atoms with Crippen molar-refractivity contribution in [3.63, 3.8) is 0 Å². The molecule has 0 saturated heterocycles. The summed E-state index contributed by atoms with van der Waals surface area (Å²) < 4.78 is 11.1. The quantitative estimate of drug-likeness (QED) is 0.751. The number of benzene rings is 2. The van der Waals surface area contributed by atoms with E-state index >= 15 is 0 Å². The highest BCUT2D eigenvalue weighted by Crippen LogP contribution is 2.21. The topological polar surface area (TPSA) is 35.5 Å². The van der Waals surface area contributed by atoms with E-state index in [1.807, 2.05) is 56.3 Å². The van der Waals surface area contributed by atoms with Crippen molar-refractivity contribution in [2.24, 2.45) is 0 Å². The predicted octanol–water partition coefficient (Wildman–Crippen LogP) is 4.04. The average Bonchev–Trinajstić information content (AvgIpc) is 2.48. The number of carbonyl (C=O) groups excluding carboxylic acids is 1. The van der Waals surface area contributed by atoms with E-state index in [-0.39, 0.29) is 5.78 Å². The summed E-state index contributed by atoms with van der Waals surface area (Å²) in [6.07, 6.45) is -0.537. The molecule has 0 fully saturated rings. The number of Topliss-reactive ketones (excluding diaryl/α,β-unsaturated/α-hetero) is 1. The van der Waals surface area contributed by atoms with Gasteiger partial charge in [0.1, 0.15) is 11.5 Å². The number of ether oxygens (including phenoxy) is 2. The fourth-order valence-corrected chi connectivity index (χ4v) is 2.01. The molecule has 3 nitrogen and oxygen atoms in total. The van der Waals surface area contributed by atoms with Crippen LogP contribution in [0.1, 0.15) is 29.8 Å². The fraction of sp³-hybridized carbons (Fsp3) is 0.278. The van der Waals surface area contributed by atoms with Crippen molar-refractivity contribution < 1.29 is 14.3 Å². The standard InChI is InChI=1S/C18H20O3/c1-4-20-16-6-5-7-17(12-16)21-14(3)18(19)15-10-8-13(2)9-11-15/h5-12,14H,4H2,1-3H3. The van der Waals surface area contributed by atoms with Gasteiger partial charge in [-0.3, -0.25) is 4.79 Å². The SMILES string of the molecule is CCOc1cccc(OC(C)C(=O)c2ccc(C)cc2)c1. The Morgan fingerprint density at radius 2 is 1.76 bits per heavy atom. The molecule has 2 rings (SSSR count). The van der Waals surface area contributed by atoms with Crippen molar-refractivity contribution >= 4 is 5.78 Å². The van der Waals surface area contributed by atoms with Crippen molar-refractivity contribution in [1.29, 1.82) is 0 Å². The summed E-state index contributed by atoms with van der Waals surface area (Å²) in [6.45, 7) is 6.28. The summed E-state index contributed by atoms with van der Waals surface area (Å²) in [4.78, 5) is 12.3. The van der Waals surface area contributed by atoms with Crippen molar-refractivity contribution in [1.82, 2.24) is 0 Å². The zero-order chi connectivity index (χ0) is 15.2. The first-order valence-corrected chi connectivity index (χ1v) is 7.10. The van der Waals surface area contributed by atoms with E-state index in [1.54, 1.807) is 13.0 Å². The summed E-state index contributed by atoms with van der Waals surface area (Å²) in [6, 6.07) is 14.8. The molecular weight excluding hydrogens is 264 g/mol. The predicted molar refractivity (Wildman–Crippen MR) is 83.2 cm³/mol. The van der Waals surface area contributed by atoms with Gasteiger partial charge in [-0.25, -0.2) is 0 Å². The molecule has 110 valence electrons. The van der Waals surface area contributed by atoms with Crippen LogP contribution in [-0.2, 0) is 0 Å². The van der Waals surface area contributed by atoms with Crippen LogP contribution >= 0.6 is 0 Å². The minimum atomic E-state index is -0.537. The van der Waals surface area contributed by atoms with E-state index in [0.717, 1.165) is 11.3 Å². The Labute approximate surface area is 125 Å². The number of hydrogen-bond donors (Lipinski definition) is 0. The lowest BCUT2D eigenvalue weighted by Crippen LogP contribution is -2.23. The van der Waals surface area contributed by atoms with Gasteiger partial charge in [0.15, 0.2) is 6.10 Å². The summed E-state index contributed by atoms with van der Waals surface area (Å²) in [7, 11) is 0. The Morgan fingerprint density at radius 1 is 1.10 bits per heavy atom. The smallest absolute Gasteiger partial charge is 0.202 e. The monoisotopic (exact) mass is 284 g/mol. The molecule has 0 N–H and O–H groups in total. The van der Waals surface area contributed by atoms with E-state index in [0.29, 0.717) is 17.9 Å². The lowest BCUT2D eigenvalue weighted by atomic mass is 10.1. The van der Waals surface area contributed by atoms with Crippen LogP contribution in [0.25, 0.3) is 0 Å². The van der Waals surface area contributed by atoms with Gasteiger partial charge in [0.2, 0.25) is 5.78 Å². The zero-order valence-electron chi connectivity index (χ0n) is 12.6. The van der Waals surface area contributed by atoms with Crippen molar-refractivity contribution in [2.75, 3.05) is 6.61 Å². The summed E-state index contributed by atoms with van der Waals surface area (Å²) in [5.41, 5.74) is 1.79. The maximum atomic E-state index is 12.3. The first-order valence-electron chi connectivity index (χ1n) is 7.10. The molecule has 0 aliphatic carbocycles. The van der Waals surface area contributed by atoms with Gasteiger partial charge in [-0.1, -0.05) is 35.9 Å². The van der Waals surface area contributed by atoms with Crippen LogP contribution in [0.2, 0.25) is 0 Å². The van der Waals surface area contributed by atoms with Gasteiger partial charge >= 0.3 is 0 Å². The third-order valence-corrected chi connectivity index (χ3v) is 3.13. The minimum absolute atomic E-state index is 0.0307. The Balaban J connectivity index is 2.06. The fourth-order valence-electron chi connectivity index (χ4n) is 2.01. The van der Waals surface area contributed by atoms with Gasteiger partial charge in [-0.15, -0.1) is 0 Å². The number of hydrogen-bond acceptors (Lipinski definition) is 3. The minimum Gasteiger partial charge on any atom is -0.494 e. The van der Waals surface area contributed by atoms with Crippen LogP contribution in [-0.4, -0.2) is 18.5 Å². The molecule has 0 radical (unpaired) electrons. The molecule has 2 aromatic rings. The van der Waals surface area contributed by atoms with Crippen LogP contribution in [0.4, 0.5) is 0 Å². The molecule has 1 atom stereocenters. The Kier molecular flexibility index (Phi) is 4.99. The molecule has 0 aromatic heterocycles. The van der Waals surface area contributed by atoms with Gasteiger partial charge < -0.3 is 9.47 Å². The van der Waals surface area contributed by atoms with Gasteiger partial charge in [-0.2, -0.15) is 0 Å². The molecule has 21 heavy (non-hydrogen) atoms. The third-order valence-electron chi connectivity index (χ3n) is 3.13. The van der Waals surface area contributed by atoms with E-state index < -0.39 is 6.10 Å². The number of carbonyl (C=O) groups is 1. The van der Waals surface area contributed by atoms with Crippen LogP contribution in [0, 0.1) is 6.92 Å². The van der Waals surface area contributed by atoms with Gasteiger partial charge in [0, 0.05) is 11.6 Å². The van der Waals surface area contributed by atoms with Gasteiger partial charge in [0.25, 0.3) is 0 Å². The second-order valence-corrected chi connectivity index (χ2v) is 4.90. The molecule has 0 aliphatic heterocycles. The number of rotatable bonds is 6. The normalized spacial score (nSPS) is 11.8. The molecule has 0 aliphatic rings. The highest BCUT2D eigenvalue weighted by molar-refractivity contribution is 5.99. The van der Waals surface area contributed by atoms with E-state index in [4.69, 9.17) is 9.47 Å². The maximum absolute atomic E-state index is 12.3. The summed E-state index contributed by atoms with van der Waals surface area (Å²) >= 11 is 0. The largest absolute Gasteiger partial charge is 0.494 e. The first-order chi connectivity index (χ1) is 10.1. The van der Waals surface area contributed by atoms with E-state index in [2.05, 4.69) is 0 Å². The number of ketones is 1. The molecular formula is C18H20O3. The average molecular weight is 284 g/mol. The molecule has 0 heterocycles. The lowest BCUT2D eigenvalue weighted by molar-refractivity contribution is 0.0817. The van der Waals surface area contributed by atoms with Crippen LogP contribution in [0.5, 0.6) is 11.5 Å². The van der Waals surface area contributed by atoms with E-state index in [9.17, 15) is 4.79 Å². The second kappa shape index (κ2) is 6.93. The lowest BCUT2D eigenvalue weighted by Gasteiger charge is -2.14. The molecule has 0 amide bonds. The first kappa shape index (κ1) is 15.1. The van der Waals surface area contributed by atoms with Crippen molar-refractivity contribution in [3.8, 4) is 11.5 Å². The molecule has 0 saturated carbocycles. The van der Waals surface area contributed by atoms with E-state index in [1.165, 1.54) is 0 Å². The van der Waals surface area contributed by atoms with Crippen molar-refractivity contribution in [3.05, 3.63) is 59.7 Å². The Bertz CT molecular complexity index is 602. The number of aryl methyl sites for hydroxylation is 1. The van der Waals surface area contributed by atoms with Crippen molar-refractivity contribution in [2.45, 2.75) is 26.9 Å². The van der Waals surface area contributed by atoms with Crippen LogP contribution in [0.15, 0.2) is 48.5 Å². The molecule has 3 heteroatoms. The summed E-state index contributed by atoms with van der Waals surface area (Å²) in [5.74, 6) is 1.34. The molecule has 1 unspecified atom stereocenters. The Hall–Kier alpha value is -2.29. The third kappa shape index (κ3) is 4.09. The summed E-state index contributed by atoms with van der Waals surface area (Å²) in [5, 5.41) is 0. The maximum Gasteiger partial charge on any atom is 0.202 e. The Morgan fingerprint density at radius 3 is 2.43 bits per heavy atom. The highest BCUT2D eigenvalue weighted by Gasteiger charge is 2.16. The zero-order valence-corrected chi connectivity index (χ0v) is 12.6. The molecule has 0 bridgehead atoms. The molecule has 0 spiro atoms. The van der Waals surface area contributed by atoms with Crippen LogP contribution in [0.3, 0.4) is 0 Å².